The highest BCUT2D eigenvalue weighted by Gasteiger charge is 2.06. The van der Waals surface area contributed by atoms with Crippen molar-refractivity contribution in [2.75, 3.05) is 12.4 Å². The van der Waals surface area contributed by atoms with Crippen LogP contribution in [0.4, 0.5) is 0 Å². The third kappa shape index (κ3) is 5.64. The molecule has 0 radical (unpaired) electrons. The molecule has 0 aliphatic heterocycles. The minimum absolute atomic E-state index is 0.0236. The van der Waals surface area contributed by atoms with E-state index in [-0.39, 0.29) is 5.78 Å². The first-order chi connectivity index (χ1) is 15.2. The van der Waals surface area contributed by atoms with Crippen LogP contribution in [0, 0.1) is 6.92 Å². The zero-order chi connectivity index (χ0) is 21.5. The summed E-state index contributed by atoms with van der Waals surface area (Å²) in [5.41, 5.74) is 4.52. The number of nitrogens with zero attached hydrogens (tertiary/aromatic N) is 1. The molecule has 1 aromatic heterocycles. The lowest BCUT2D eigenvalue weighted by Gasteiger charge is -2.06. The number of para-hydroxylation sites is 2. The summed E-state index contributed by atoms with van der Waals surface area (Å²) in [5, 5.41) is 0.683. The standard InChI is InChI=1S/C26H23NO3S/c1-19-7-2-3-8-20(19)13-16-24(28)21-11-14-22(15-12-21)29-17-6-18-31-26-27-23-9-4-5-10-25(23)30-26/h2-5,7-16H,6,17-18H2,1H3/b16-13+. The maximum Gasteiger partial charge on any atom is 0.256 e. The smallest absolute Gasteiger partial charge is 0.256 e. The largest absolute Gasteiger partial charge is 0.494 e. The molecule has 0 amide bonds. The van der Waals surface area contributed by atoms with Gasteiger partial charge in [0.05, 0.1) is 6.61 Å². The van der Waals surface area contributed by atoms with Crippen LogP contribution in [0.1, 0.15) is 27.9 Å². The van der Waals surface area contributed by atoms with Crippen molar-refractivity contribution in [2.45, 2.75) is 18.6 Å². The molecule has 5 heteroatoms. The second kappa shape index (κ2) is 10.1. The van der Waals surface area contributed by atoms with Gasteiger partial charge in [-0.05, 0) is 66.9 Å². The fourth-order valence-electron chi connectivity index (χ4n) is 3.07. The van der Waals surface area contributed by atoms with Crippen molar-refractivity contribution in [1.82, 2.24) is 4.98 Å². The molecule has 0 unspecified atom stereocenters. The summed E-state index contributed by atoms with van der Waals surface area (Å²) in [5.74, 6) is 1.59. The van der Waals surface area contributed by atoms with Crippen molar-refractivity contribution in [1.29, 1.82) is 0 Å². The molecule has 31 heavy (non-hydrogen) atoms. The molecule has 156 valence electrons. The zero-order valence-corrected chi connectivity index (χ0v) is 18.1. The first-order valence-electron chi connectivity index (χ1n) is 10.2. The van der Waals surface area contributed by atoms with Gasteiger partial charge in [-0.15, -0.1) is 0 Å². The topological polar surface area (TPSA) is 52.3 Å². The Bertz CT molecular complexity index is 1160. The fourth-order valence-corrected chi connectivity index (χ4v) is 3.82. The molecule has 4 aromatic rings. The number of oxazole rings is 1. The van der Waals surface area contributed by atoms with E-state index in [9.17, 15) is 4.79 Å². The zero-order valence-electron chi connectivity index (χ0n) is 17.3. The van der Waals surface area contributed by atoms with Crippen LogP contribution in [-0.4, -0.2) is 23.1 Å². The van der Waals surface area contributed by atoms with Crippen molar-refractivity contribution >= 4 is 34.7 Å². The average molecular weight is 430 g/mol. The van der Waals surface area contributed by atoms with Crippen molar-refractivity contribution in [3.05, 3.63) is 95.6 Å². The maximum atomic E-state index is 12.4. The van der Waals surface area contributed by atoms with E-state index in [1.54, 1.807) is 30.0 Å². The lowest BCUT2D eigenvalue weighted by Crippen LogP contribution is -2.00. The molecule has 0 saturated carbocycles. The van der Waals surface area contributed by atoms with E-state index in [0.717, 1.165) is 40.1 Å². The number of ketones is 1. The molecule has 0 aliphatic carbocycles. The SMILES string of the molecule is Cc1ccccc1/C=C/C(=O)c1ccc(OCCCSc2nc3ccccc3o2)cc1. The summed E-state index contributed by atoms with van der Waals surface area (Å²) >= 11 is 1.58. The molecule has 0 fully saturated rings. The Balaban J connectivity index is 1.22. The van der Waals surface area contributed by atoms with Crippen LogP contribution in [0.3, 0.4) is 0 Å². The predicted molar refractivity (Wildman–Crippen MR) is 126 cm³/mol. The lowest BCUT2D eigenvalue weighted by atomic mass is 10.1. The highest BCUT2D eigenvalue weighted by Crippen LogP contribution is 2.23. The Labute approximate surface area is 186 Å². The molecule has 0 atom stereocenters. The second-order valence-electron chi connectivity index (χ2n) is 7.08. The van der Waals surface area contributed by atoms with E-state index in [0.29, 0.717) is 17.4 Å². The number of benzene rings is 3. The first-order valence-corrected chi connectivity index (χ1v) is 11.2. The molecule has 0 N–H and O–H groups in total. The Morgan fingerprint density at radius 2 is 1.81 bits per heavy atom. The third-order valence-corrected chi connectivity index (χ3v) is 5.71. The molecule has 0 bridgehead atoms. The molecular weight excluding hydrogens is 406 g/mol. The molecule has 4 rings (SSSR count). The predicted octanol–water partition coefficient (Wildman–Crippen LogP) is 6.59. The van der Waals surface area contributed by atoms with Gasteiger partial charge < -0.3 is 9.15 Å². The van der Waals surface area contributed by atoms with Crippen LogP contribution in [0.25, 0.3) is 17.2 Å². The van der Waals surface area contributed by atoms with Crippen LogP contribution < -0.4 is 4.74 Å². The Hall–Kier alpha value is -3.31. The van der Waals surface area contributed by atoms with E-state index >= 15 is 0 Å². The summed E-state index contributed by atoms with van der Waals surface area (Å²) in [6.45, 7) is 2.62. The second-order valence-corrected chi connectivity index (χ2v) is 8.12. The molecule has 1 heterocycles. The van der Waals surface area contributed by atoms with E-state index in [4.69, 9.17) is 9.15 Å². The maximum absolute atomic E-state index is 12.4. The minimum atomic E-state index is -0.0236. The first kappa shape index (κ1) is 20.9. The van der Waals surface area contributed by atoms with Gasteiger partial charge in [-0.3, -0.25) is 4.79 Å². The molecule has 0 aliphatic rings. The van der Waals surface area contributed by atoms with Gasteiger partial charge in [-0.25, -0.2) is 4.98 Å². The number of carbonyl (C=O) groups excluding carboxylic acids is 1. The number of ether oxygens (including phenoxy) is 1. The van der Waals surface area contributed by atoms with Crippen LogP contribution >= 0.6 is 11.8 Å². The van der Waals surface area contributed by atoms with Crippen LogP contribution in [-0.2, 0) is 0 Å². The van der Waals surface area contributed by atoms with Gasteiger partial charge in [0, 0.05) is 11.3 Å². The van der Waals surface area contributed by atoms with E-state index < -0.39 is 0 Å². The number of aryl methyl sites for hydroxylation is 1. The number of hydrogen-bond acceptors (Lipinski definition) is 5. The van der Waals surface area contributed by atoms with E-state index in [1.165, 1.54) is 0 Å². The van der Waals surface area contributed by atoms with Gasteiger partial charge >= 0.3 is 0 Å². The molecule has 3 aromatic carbocycles. The molecule has 0 spiro atoms. The highest BCUT2D eigenvalue weighted by molar-refractivity contribution is 7.99. The van der Waals surface area contributed by atoms with E-state index in [2.05, 4.69) is 4.98 Å². The number of rotatable bonds is 9. The normalized spacial score (nSPS) is 11.3. The molecular formula is C26H23NO3S. The monoisotopic (exact) mass is 429 g/mol. The third-order valence-electron chi connectivity index (χ3n) is 4.80. The molecule has 0 saturated heterocycles. The van der Waals surface area contributed by atoms with Crippen molar-refractivity contribution in [2.24, 2.45) is 0 Å². The number of thioether (sulfide) groups is 1. The minimum Gasteiger partial charge on any atom is -0.494 e. The Morgan fingerprint density at radius 3 is 2.61 bits per heavy atom. The lowest BCUT2D eigenvalue weighted by molar-refractivity contribution is 0.104. The van der Waals surface area contributed by atoms with E-state index in [1.807, 2.05) is 73.7 Å². The van der Waals surface area contributed by atoms with Gasteiger partial charge in [0.1, 0.15) is 11.3 Å². The van der Waals surface area contributed by atoms with Gasteiger partial charge in [-0.1, -0.05) is 54.2 Å². The van der Waals surface area contributed by atoms with Gasteiger partial charge in [-0.2, -0.15) is 0 Å². The summed E-state index contributed by atoms with van der Waals surface area (Å²) in [7, 11) is 0. The summed E-state index contributed by atoms with van der Waals surface area (Å²) < 4.78 is 11.5. The number of fused-ring (bicyclic) bond motifs is 1. The van der Waals surface area contributed by atoms with Crippen molar-refractivity contribution in [3.63, 3.8) is 0 Å². The Kier molecular flexibility index (Phi) is 6.85. The number of allylic oxidation sites excluding steroid dienone is 1. The number of hydrogen-bond donors (Lipinski definition) is 0. The highest BCUT2D eigenvalue weighted by atomic mass is 32.2. The summed E-state index contributed by atoms with van der Waals surface area (Å²) in [6.07, 6.45) is 4.33. The van der Waals surface area contributed by atoms with Gasteiger partial charge in [0.25, 0.3) is 5.22 Å². The van der Waals surface area contributed by atoms with Crippen LogP contribution in [0.15, 0.2) is 88.5 Å². The van der Waals surface area contributed by atoms with Crippen LogP contribution in [0.5, 0.6) is 5.75 Å². The average Bonchev–Trinajstić information content (AvgIpc) is 3.21. The number of aromatic nitrogens is 1. The molecule has 4 nitrogen and oxygen atoms in total. The van der Waals surface area contributed by atoms with Crippen molar-refractivity contribution < 1.29 is 13.9 Å². The summed E-state index contributed by atoms with van der Waals surface area (Å²) in [6, 6.07) is 23.0. The van der Waals surface area contributed by atoms with Gasteiger partial charge in [0.2, 0.25) is 0 Å². The fraction of sp³-hybridized carbons (Fsp3) is 0.154. The quantitative estimate of drug-likeness (QED) is 0.130. The number of carbonyl (C=O) groups is 1. The van der Waals surface area contributed by atoms with Gasteiger partial charge in [0.15, 0.2) is 11.4 Å². The van der Waals surface area contributed by atoms with Crippen LogP contribution in [0.2, 0.25) is 0 Å². The Morgan fingerprint density at radius 1 is 1.03 bits per heavy atom. The summed E-state index contributed by atoms with van der Waals surface area (Å²) in [4.78, 5) is 16.8. The van der Waals surface area contributed by atoms with Crippen molar-refractivity contribution in [3.8, 4) is 5.75 Å².